The van der Waals surface area contributed by atoms with E-state index in [2.05, 4.69) is 147 Å². The number of fused-ring (bicyclic) bond motifs is 14. The molecule has 3 unspecified atom stereocenters. The van der Waals surface area contributed by atoms with Crippen molar-refractivity contribution in [2.45, 2.75) is 133 Å². The maximum atomic E-state index is 6.91. The molecule has 334 valence electrons. The molecule has 0 saturated carbocycles. The Hall–Kier alpha value is -6.15. The van der Waals surface area contributed by atoms with Gasteiger partial charge in [0.15, 0.2) is 34.5 Å². The Kier molecular flexibility index (Phi) is 7.56. The van der Waals surface area contributed by atoms with Crippen molar-refractivity contribution in [3.63, 3.8) is 0 Å². The molecule has 3 atom stereocenters. The molecule has 5 aromatic carbocycles. The van der Waals surface area contributed by atoms with E-state index in [9.17, 15) is 0 Å². The molecule has 0 amide bonds. The summed E-state index contributed by atoms with van der Waals surface area (Å²) in [6.07, 6.45) is 8.20. The van der Waals surface area contributed by atoms with Gasteiger partial charge < -0.3 is 24.3 Å². The van der Waals surface area contributed by atoms with Crippen molar-refractivity contribution in [3.8, 4) is 23.0 Å². The monoisotopic (exact) mass is 874 g/mol. The minimum Gasteiger partial charge on any atom is -0.493 e. The molecule has 0 saturated heterocycles. The summed E-state index contributed by atoms with van der Waals surface area (Å²) in [6, 6.07) is 22.6. The molecule has 2 aliphatic heterocycles. The largest absolute Gasteiger partial charge is 0.493 e. The maximum absolute atomic E-state index is 6.91. The molecule has 6 aromatic rings. The lowest BCUT2D eigenvalue weighted by atomic mass is 9.72. The average molecular weight is 875 g/mol. The molecule has 1 N–H and O–H groups in total. The van der Waals surface area contributed by atoms with E-state index in [-0.39, 0.29) is 38.5 Å². The molecule has 7 aliphatic rings. The number of nitrogens with one attached hydrogen (secondary N) is 1. The third-order valence-corrected chi connectivity index (χ3v) is 17.0. The number of rotatable bonds is 2. The molecule has 8 nitrogen and oxygen atoms in total. The Balaban J connectivity index is 0.892. The van der Waals surface area contributed by atoms with Gasteiger partial charge in [-0.1, -0.05) is 55.4 Å². The number of aromatic nitrogens is 2. The van der Waals surface area contributed by atoms with Crippen LogP contribution in [0.2, 0.25) is 0 Å². The van der Waals surface area contributed by atoms with E-state index in [0.717, 1.165) is 93.6 Å². The van der Waals surface area contributed by atoms with Gasteiger partial charge in [0, 0.05) is 16.9 Å². The number of nitrogens with zero attached hydrogens (tertiary/aromatic N) is 3. The van der Waals surface area contributed by atoms with Crippen LogP contribution < -0.4 is 24.3 Å². The summed E-state index contributed by atoms with van der Waals surface area (Å²) in [7, 11) is 3.44. The van der Waals surface area contributed by atoms with E-state index >= 15 is 0 Å². The van der Waals surface area contributed by atoms with E-state index < -0.39 is 0 Å². The zero-order valence-electron chi connectivity index (χ0n) is 40.3. The predicted molar refractivity (Wildman–Crippen MR) is 263 cm³/mol. The highest BCUT2D eigenvalue weighted by molar-refractivity contribution is 6.08. The van der Waals surface area contributed by atoms with Crippen molar-refractivity contribution in [1.29, 1.82) is 0 Å². The summed E-state index contributed by atoms with van der Waals surface area (Å²) in [5.74, 6) is 4.43. The van der Waals surface area contributed by atoms with E-state index in [4.69, 9.17) is 33.9 Å². The van der Waals surface area contributed by atoms with Crippen LogP contribution in [0.5, 0.6) is 23.0 Å². The summed E-state index contributed by atoms with van der Waals surface area (Å²) in [6.45, 7) is 23.4. The zero-order valence-corrected chi connectivity index (χ0v) is 40.3. The van der Waals surface area contributed by atoms with E-state index in [1.54, 1.807) is 14.2 Å². The molecule has 0 radical (unpaired) electrons. The van der Waals surface area contributed by atoms with Gasteiger partial charge in [0.25, 0.3) is 0 Å². The highest BCUT2D eigenvalue weighted by Gasteiger charge is 2.59. The summed E-state index contributed by atoms with van der Waals surface area (Å²) in [4.78, 5) is 15.9. The first-order chi connectivity index (χ1) is 31.2. The van der Waals surface area contributed by atoms with Crippen molar-refractivity contribution in [1.82, 2.24) is 9.97 Å². The van der Waals surface area contributed by atoms with Crippen molar-refractivity contribution < 1.29 is 18.9 Å². The average Bonchev–Trinajstić information content (AvgIpc) is 3.80. The Morgan fingerprint density at radius 1 is 0.515 bits per heavy atom. The minimum absolute atomic E-state index is 0.0525. The number of hydrogen-bond acceptors (Lipinski definition) is 8. The molecular weight excluding hydrogens is 817 g/mol. The van der Waals surface area contributed by atoms with Crippen molar-refractivity contribution in [2.24, 2.45) is 4.99 Å². The number of ether oxygens (including phenoxy) is 4. The number of anilines is 1. The lowest BCUT2D eigenvalue weighted by Crippen LogP contribution is -2.34. The SMILES string of the molecule is COc1cc2c(cc1OC)C1(CC2(C)C)CC(C)(C)c2cc3c(cc21)OC1=CC2=Nc4cc5c(cc4NC2C=C1O3)C(C)(C)CC51CC(C)(C)c2cc3nc4cc(C)c(C)cc4nc3cc21. The van der Waals surface area contributed by atoms with Gasteiger partial charge in [-0.3, -0.25) is 0 Å². The second-order valence-corrected chi connectivity index (χ2v) is 23.4. The first kappa shape index (κ1) is 40.2. The van der Waals surface area contributed by atoms with Gasteiger partial charge in [-0.15, -0.1) is 0 Å². The Morgan fingerprint density at radius 2 is 0.939 bits per heavy atom. The van der Waals surface area contributed by atoms with Crippen LogP contribution in [0.1, 0.15) is 137 Å². The van der Waals surface area contributed by atoms with Crippen LogP contribution in [0.25, 0.3) is 22.1 Å². The number of hydrogen-bond donors (Lipinski definition) is 1. The zero-order chi connectivity index (χ0) is 45.8. The van der Waals surface area contributed by atoms with Crippen LogP contribution in [0, 0.1) is 13.8 Å². The van der Waals surface area contributed by atoms with E-state index in [1.165, 1.54) is 55.6 Å². The first-order valence-corrected chi connectivity index (χ1v) is 23.8. The normalized spacial score (nSPS) is 25.5. The highest BCUT2D eigenvalue weighted by atomic mass is 16.6. The highest BCUT2D eigenvalue weighted by Crippen LogP contribution is 2.67. The third kappa shape index (κ3) is 5.19. The summed E-state index contributed by atoms with van der Waals surface area (Å²) in [5, 5.41) is 3.88. The van der Waals surface area contributed by atoms with Crippen LogP contribution in [0.15, 0.2) is 89.3 Å². The molecule has 5 aliphatic carbocycles. The third-order valence-electron chi connectivity index (χ3n) is 17.0. The van der Waals surface area contributed by atoms with Crippen molar-refractivity contribution >= 4 is 39.2 Å². The van der Waals surface area contributed by atoms with Gasteiger partial charge in [-0.2, -0.15) is 0 Å². The van der Waals surface area contributed by atoms with Crippen LogP contribution in [0.4, 0.5) is 11.4 Å². The van der Waals surface area contributed by atoms with Crippen LogP contribution >= 0.6 is 0 Å². The fraction of sp³-hybridized carbons (Fsp3) is 0.397. The lowest BCUT2D eigenvalue weighted by Gasteiger charge is -2.33. The molecule has 0 fully saturated rings. The fourth-order valence-electron chi connectivity index (χ4n) is 14.3. The molecule has 66 heavy (non-hydrogen) atoms. The fourth-order valence-corrected chi connectivity index (χ4v) is 14.3. The van der Waals surface area contributed by atoms with Gasteiger partial charge in [-0.25, -0.2) is 15.0 Å². The van der Waals surface area contributed by atoms with E-state index in [1.807, 2.05) is 0 Å². The van der Waals surface area contributed by atoms with Gasteiger partial charge in [0.1, 0.15) is 0 Å². The molecule has 8 heteroatoms. The van der Waals surface area contributed by atoms with Crippen LogP contribution in [-0.4, -0.2) is 35.9 Å². The first-order valence-electron chi connectivity index (χ1n) is 23.8. The molecule has 3 heterocycles. The Bertz CT molecular complexity index is 3370. The molecule has 13 rings (SSSR count). The maximum Gasteiger partial charge on any atom is 0.171 e. The Morgan fingerprint density at radius 3 is 1.52 bits per heavy atom. The van der Waals surface area contributed by atoms with Gasteiger partial charge >= 0.3 is 0 Å². The Labute approximate surface area is 387 Å². The number of benzene rings is 5. The topological polar surface area (TPSA) is 87.1 Å². The second kappa shape index (κ2) is 12.4. The van der Waals surface area contributed by atoms with Crippen molar-refractivity contribution in [2.75, 3.05) is 19.5 Å². The van der Waals surface area contributed by atoms with Crippen molar-refractivity contribution in [3.05, 3.63) is 140 Å². The van der Waals surface area contributed by atoms with Gasteiger partial charge in [0.05, 0.1) is 59.4 Å². The smallest absolute Gasteiger partial charge is 0.171 e. The molecule has 2 spiro atoms. The quantitative estimate of drug-likeness (QED) is 0.173. The molecular formula is C58H58N4O4. The van der Waals surface area contributed by atoms with Crippen LogP contribution in [0.3, 0.4) is 0 Å². The number of methoxy groups -OCH3 is 2. The lowest BCUT2D eigenvalue weighted by molar-refractivity contribution is 0.291. The standard InChI is InChI=1S/C58H58N4O4/c1-29-13-39-40(14-30(29)2)60-43-17-35-31(15-41(43)59-39)53(3,4)25-57(35)26-54(5,6)32-16-42-44(18-36(32)57)62-46-24-52-51(23-45(46)61-42)65-49-20-34-38(22-50(49)66-52)58(28-56(34,9)10)27-55(7,8)33-19-47(63-11)48(64-12)21-37(33)58/h13-24,45,61H,25-28H2,1-12H3. The number of aliphatic imine (C=N–C) groups is 1. The molecule has 0 bridgehead atoms. The van der Waals surface area contributed by atoms with Gasteiger partial charge in [-0.05, 0) is 184 Å². The second-order valence-electron chi connectivity index (χ2n) is 23.4. The number of aryl methyl sites for hydroxylation is 2. The van der Waals surface area contributed by atoms with E-state index in [0.29, 0.717) is 5.76 Å². The van der Waals surface area contributed by atoms with Gasteiger partial charge in [0.2, 0.25) is 0 Å². The molecule has 1 aromatic heterocycles. The predicted octanol–water partition coefficient (Wildman–Crippen LogP) is 12.8. The summed E-state index contributed by atoms with van der Waals surface area (Å²) < 4.78 is 25.4. The minimum atomic E-state index is -0.215. The summed E-state index contributed by atoms with van der Waals surface area (Å²) in [5.41, 5.74) is 19.4. The summed E-state index contributed by atoms with van der Waals surface area (Å²) >= 11 is 0. The van der Waals surface area contributed by atoms with Crippen LogP contribution in [-0.2, 0) is 32.5 Å².